The molecule has 2 atom stereocenters. The van der Waals surface area contributed by atoms with Crippen LogP contribution in [0.15, 0.2) is 0 Å². The highest BCUT2D eigenvalue weighted by Gasteiger charge is 2.34. The molecule has 0 radical (unpaired) electrons. The monoisotopic (exact) mass is 188 g/mol. The summed E-state index contributed by atoms with van der Waals surface area (Å²) < 4.78 is 14.6. The van der Waals surface area contributed by atoms with Gasteiger partial charge in [-0.05, 0) is 13.8 Å². The molecule has 1 heterocycles. The lowest BCUT2D eigenvalue weighted by Crippen LogP contribution is -2.26. The predicted octanol–water partition coefficient (Wildman–Crippen LogP) is -0.120. The Labute approximate surface area is 76.0 Å². The van der Waals surface area contributed by atoms with Crippen molar-refractivity contribution in [2.45, 2.75) is 26.2 Å². The predicted molar refractivity (Wildman–Crippen MR) is 41.9 cm³/mol. The number of ketones is 1. The van der Waals surface area contributed by atoms with Gasteiger partial charge in [0.25, 0.3) is 6.29 Å². The zero-order chi connectivity index (χ0) is 9.84. The third-order valence-electron chi connectivity index (χ3n) is 1.62. The molecule has 0 spiro atoms. The van der Waals surface area contributed by atoms with Crippen LogP contribution >= 0.6 is 0 Å². The molecule has 0 aromatic rings. The average Bonchev–Trinajstić information content (AvgIpc) is 2.52. The van der Waals surface area contributed by atoms with Gasteiger partial charge in [0.1, 0.15) is 6.10 Å². The van der Waals surface area contributed by atoms with E-state index in [2.05, 4.69) is 4.74 Å². The molecule has 0 aliphatic carbocycles. The maximum absolute atomic E-state index is 11.0. The van der Waals surface area contributed by atoms with Crippen LogP contribution in [0, 0.1) is 0 Å². The first kappa shape index (κ1) is 10.1. The SMILES string of the molecule is CCOC(=O)C1OCC(C(C)=O)O1. The second-order valence-electron chi connectivity index (χ2n) is 2.65. The summed E-state index contributed by atoms with van der Waals surface area (Å²) in [6.45, 7) is 3.47. The summed E-state index contributed by atoms with van der Waals surface area (Å²) in [5.74, 6) is -0.724. The molecule has 5 nitrogen and oxygen atoms in total. The van der Waals surface area contributed by atoms with Crippen molar-refractivity contribution in [3.8, 4) is 0 Å². The van der Waals surface area contributed by atoms with Crippen molar-refractivity contribution in [1.82, 2.24) is 0 Å². The first-order valence-electron chi connectivity index (χ1n) is 4.09. The highest BCUT2D eigenvalue weighted by atomic mass is 16.7. The number of carbonyl (C=O) groups excluding carboxylic acids is 2. The van der Waals surface area contributed by atoms with Crippen molar-refractivity contribution >= 4 is 11.8 Å². The molecule has 0 aromatic carbocycles. The molecule has 1 aliphatic rings. The van der Waals surface area contributed by atoms with Crippen LogP contribution in [-0.4, -0.2) is 37.4 Å². The lowest BCUT2D eigenvalue weighted by atomic mass is 10.3. The standard InChI is InChI=1S/C8H12O5/c1-3-11-7(10)8-12-4-6(13-8)5(2)9/h6,8H,3-4H2,1-2H3. The largest absolute Gasteiger partial charge is 0.462 e. The van der Waals surface area contributed by atoms with Gasteiger partial charge in [0.05, 0.1) is 13.2 Å². The van der Waals surface area contributed by atoms with Crippen molar-refractivity contribution in [3.05, 3.63) is 0 Å². The Balaban J connectivity index is 2.40. The third kappa shape index (κ3) is 2.50. The van der Waals surface area contributed by atoms with E-state index in [1.54, 1.807) is 6.92 Å². The van der Waals surface area contributed by atoms with Gasteiger partial charge in [-0.25, -0.2) is 4.79 Å². The van der Waals surface area contributed by atoms with E-state index >= 15 is 0 Å². The van der Waals surface area contributed by atoms with Gasteiger partial charge in [-0.1, -0.05) is 0 Å². The molecular formula is C8H12O5. The zero-order valence-electron chi connectivity index (χ0n) is 7.61. The summed E-state index contributed by atoms with van der Waals surface area (Å²) in [5, 5.41) is 0. The summed E-state index contributed by atoms with van der Waals surface area (Å²) in [7, 11) is 0. The van der Waals surface area contributed by atoms with Crippen molar-refractivity contribution in [2.24, 2.45) is 0 Å². The summed E-state index contributed by atoms with van der Waals surface area (Å²) in [4.78, 5) is 21.8. The zero-order valence-corrected chi connectivity index (χ0v) is 7.61. The summed E-state index contributed by atoms with van der Waals surface area (Å²) >= 11 is 0. The Bertz CT molecular complexity index is 213. The average molecular weight is 188 g/mol. The van der Waals surface area contributed by atoms with Gasteiger partial charge >= 0.3 is 5.97 Å². The maximum atomic E-state index is 11.0. The van der Waals surface area contributed by atoms with E-state index in [4.69, 9.17) is 9.47 Å². The molecule has 1 fully saturated rings. The molecule has 0 saturated carbocycles. The van der Waals surface area contributed by atoms with E-state index in [0.717, 1.165) is 0 Å². The number of ether oxygens (including phenoxy) is 3. The van der Waals surface area contributed by atoms with Crippen LogP contribution < -0.4 is 0 Å². The Hall–Kier alpha value is -0.940. The molecule has 0 bridgehead atoms. The van der Waals surface area contributed by atoms with Crippen LogP contribution in [0.1, 0.15) is 13.8 Å². The van der Waals surface area contributed by atoms with Crippen molar-refractivity contribution in [2.75, 3.05) is 13.2 Å². The summed E-state index contributed by atoms with van der Waals surface area (Å²) in [6, 6.07) is 0. The van der Waals surface area contributed by atoms with Crippen molar-refractivity contribution in [1.29, 1.82) is 0 Å². The minimum Gasteiger partial charge on any atom is -0.462 e. The molecule has 2 unspecified atom stereocenters. The van der Waals surface area contributed by atoms with E-state index in [-0.39, 0.29) is 19.0 Å². The second-order valence-corrected chi connectivity index (χ2v) is 2.65. The third-order valence-corrected chi connectivity index (χ3v) is 1.62. The van der Waals surface area contributed by atoms with Crippen LogP contribution in [0.25, 0.3) is 0 Å². The summed E-state index contributed by atoms with van der Waals surface area (Å²) in [5.41, 5.74) is 0. The minimum absolute atomic E-state index is 0.124. The van der Waals surface area contributed by atoms with Gasteiger partial charge in [0.15, 0.2) is 5.78 Å². The Morgan fingerprint density at radius 3 is 2.69 bits per heavy atom. The summed E-state index contributed by atoms with van der Waals surface area (Å²) in [6.07, 6.45) is -1.66. The number of Topliss-reactive ketones (excluding diaryl/α,β-unsaturated/α-hetero) is 1. The molecule has 1 aliphatic heterocycles. The lowest BCUT2D eigenvalue weighted by Gasteiger charge is -2.07. The van der Waals surface area contributed by atoms with Crippen molar-refractivity contribution < 1.29 is 23.8 Å². The second kappa shape index (κ2) is 4.34. The van der Waals surface area contributed by atoms with Crippen molar-refractivity contribution in [3.63, 3.8) is 0 Å². The van der Waals surface area contributed by atoms with Crippen LogP contribution in [0.2, 0.25) is 0 Å². The lowest BCUT2D eigenvalue weighted by molar-refractivity contribution is -0.174. The quantitative estimate of drug-likeness (QED) is 0.578. The van der Waals surface area contributed by atoms with Gasteiger partial charge in [-0.15, -0.1) is 0 Å². The normalized spacial score (nSPS) is 27.2. The number of rotatable bonds is 3. The first-order chi connectivity index (χ1) is 6.15. The van der Waals surface area contributed by atoms with Gasteiger partial charge in [0.2, 0.25) is 0 Å². The number of carbonyl (C=O) groups is 2. The van der Waals surface area contributed by atoms with Crippen LogP contribution in [0.5, 0.6) is 0 Å². The molecule has 5 heteroatoms. The smallest absolute Gasteiger partial charge is 0.363 e. The van der Waals surface area contributed by atoms with Crippen LogP contribution in [-0.2, 0) is 23.8 Å². The first-order valence-corrected chi connectivity index (χ1v) is 4.09. The number of hydrogen-bond donors (Lipinski definition) is 0. The van der Waals surface area contributed by atoms with Gasteiger partial charge in [0, 0.05) is 0 Å². The number of esters is 1. The fourth-order valence-corrected chi connectivity index (χ4v) is 0.950. The van der Waals surface area contributed by atoms with Crippen LogP contribution in [0.4, 0.5) is 0 Å². The van der Waals surface area contributed by atoms with E-state index in [9.17, 15) is 9.59 Å². The molecule has 0 aromatic heterocycles. The molecule has 1 saturated heterocycles. The Morgan fingerprint density at radius 2 is 2.23 bits per heavy atom. The van der Waals surface area contributed by atoms with Gasteiger partial charge in [-0.3, -0.25) is 4.79 Å². The van der Waals surface area contributed by atoms with E-state index in [0.29, 0.717) is 0 Å². The fourth-order valence-electron chi connectivity index (χ4n) is 0.950. The molecule has 13 heavy (non-hydrogen) atoms. The number of hydrogen-bond acceptors (Lipinski definition) is 5. The highest BCUT2D eigenvalue weighted by molar-refractivity contribution is 5.82. The molecular weight excluding hydrogens is 176 g/mol. The maximum Gasteiger partial charge on any atom is 0.363 e. The minimum atomic E-state index is -1.03. The van der Waals surface area contributed by atoms with E-state index in [1.165, 1.54) is 6.92 Å². The Morgan fingerprint density at radius 1 is 1.54 bits per heavy atom. The molecule has 1 rings (SSSR count). The Kier molecular flexibility index (Phi) is 3.39. The van der Waals surface area contributed by atoms with Gasteiger partial charge in [-0.2, -0.15) is 0 Å². The van der Waals surface area contributed by atoms with E-state index < -0.39 is 18.4 Å². The molecule has 0 N–H and O–H groups in total. The topological polar surface area (TPSA) is 61.8 Å². The fraction of sp³-hybridized carbons (Fsp3) is 0.750. The highest BCUT2D eigenvalue weighted by Crippen LogP contribution is 2.13. The van der Waals surface area contributed by atoms with E-state index in [1.807, 2.05) is 0 Å². The molecule has 74 valence electrons. The van der Waals surface area contributed by atoms with Crippen LogP contribution in [0.3, 0.4) is 0 Å². The van der Waals surface area contributed by atoms with Gasteiger partial charge < -0.3 is 14.2 Å². The molecule has 0 amide bonds.